The topological polar surface area (TPSA) is 64.8 Å². The molecule has 5 nitrogen and oxygen atoms in total. The Balaban J connectivity index is 1.66. The van der Waals surface area contributed by atoms with Crippen molar-refractivity contribution >= 4 is 5.91 Å². The molecule has 0 aromatic heterocycles. The number of benzene rings is 1. The highest BCUT2D eigenvalue weighted by Gasteiger charge is 2.24. The lowest BCUT2D eigenvalue weighted by Gasteiger charge is -2.31. The van der Waals surface area contributed by atoms with Crippen LogP contribution in [-0.2, 0) is 4.79 Å². The predicted molar refractivity (Wildman–Crippen MR) is 88.8 cm³/mol. The number of hydrogen-bond donors (Lipinski definition) is 1. The van der Waals surface area contributed by atoms with Gasteiger partial charge in [0.2, 0.25) is 5.91 Å². The predicted octanol–water partition coefficient (Wildman–Crippen LogP) is 2.15. The summed E-state index contributed by atoms with van der Waals surface area (Å²) in [7, 11) is 0. The van der Waals surface area contributed by atoms with Crippen LogP contribution in [0, 0.1) is 5.92 Å². The van der Waals surface area contributed by atoms with Crippen molar-refractivity contribution in [2.75, 3.05) is 32.8 Å². The van der Waals surface area contributed by atoms with Crippen molar-refractivity contribution in [2.24, 2.45) is 11.7 Å². The van der Waals surface area contributed by atoms with Crippen LogP contribution in [0.25, 0.3) is 0 Å². The normalized spacial score (nSPS) is 19.5. The molecule has 0 bridgehead atoms. The first kappa shape index (κ1) is 16.1. The minimum atomic E-state index is 0.0256. The van der Waals surface area contributed by atoms with Gasteiger partial charge in [-0.05, 0) is 43.0 Å². The van der Waals surface area contributed by atoms with Crippen LogP contribution in [-0.4, -0.2) is 43.7 Å². The Hall–Kier alpha value is -1.75. The molecule has 0 saturated carbocycles. The molecule has 5 heteroatoms. The second-order valence-electron chi connectivity index (χ2n) is 6.60. The molecular weight excluding hydrogens is 292 g/mol. The third-order valence-electron chi connectivity index (χ3n) is 4.88. The highest BCUT2D eigenvalue weighted by Crippen LogP contribution is 2.34. The molecule has 1 aromatic carbocycles. The minimum absolute atomic E-state index is 0.0256. The fourth-order valence-electron chi connectivity index (χ4n) is 3.25. The van der Waals surface area contributed by atoms with Crippen LogP contribution in [0.5, 0.6) is 11.5 Å². The van der Waals surface area contributed by atoms with Gasteiger partial charge in [0.25, 0.3) is 0 Å². The maximum absolute atomic E-state index is 12.6. The zero-order chi connectivity index (χ0) is 16.2. The first-order chi connectivity index (χ1) is 11.2. The highest BCUT2D eigenvalue weighted by molar-refractivity contribution is 5.77. The Morgan fingerprint density at radius 1 is 1.26 bits per heavy atom. The van der Waals surface area contributed by atoms with E-state index in [1.807, 2.05) is 23.1 Å². The molecule has 1 fully saturated rings. The molecule has 0 aliphatic carbocycles. The summed E-state index contributed by atoms with van der Waals surface area (Å²) in [5.41, 5.74) is 6.99. The number of nitrogens with two attached hydrogens (primary N) is 1. The number of carbonyl (C=O) groups excluding carboxylic acids is 1. The Morgan fingerprint density at radius 2 is 1.96 bits per heavy atom. The number of amides is 1. The van der Waals surface area contributed by atoms with Gasteiger partial charge in [0, 0.05) is 25.4 Å². The van der Waals surface area contributed by atoms with Crippen LogP contribution in [0.2, 0.25) is 0 Å². The maximum Gasteiger partial charge on any atom is 0.223 e. The summed E-state index contributed by atoms with van der Waals surface area (Å²) in [4.78, 5) is 14.5. The van der Waals surface area contributed by atoms with E-state index in [0.29, 0.717) is 26.2 Å². The number of piperidine rings is 1. The van der Waals surface area contributed by atoms with Gasteiger partial charge in [-0.1, -0.05) is 13.0 Å². The number of hydrogen-bond acceptors (Lipinski definition) is 4. The molecule has 1 atom stereocenters. The van der Waals surface area contributed by atoms with Gasteiger partial charge < -0.3 is 20.1 Å². The van der Waals surface area contributed by atoms with Crippen molar-refractivity contribution in [1.82, 2.24) is 4.90 Å². The van der Waals surface area contributed by atoms with Crippen molar-refractivity contribution in [3.05, 3.63) is 23.8 Å². The van der Waals surface area contributed by atoms with Gasteiger partial charge in [-0.2, -0.15) is 0 Å². The second kappa shape index (κ2) is 7.21. The van der Waals surface area contributed by atoms with E-state index in [2.05, 4.69) is 6.92 Å². The lowest BCUT2D eigenvalue weighted by molar-refractivity contribution is -0.132. The number of carbonyl (C=O) groups is 1. The highest BCUT2D eigenvalue weighted by atomic mass is 16.6. The lowest BCUT2D eigenvalue weighted by Crippen LogP contribution is -2.39. The minimum Gasteiger partial charge on any atom is -0.486 e. The summed E-state index contributed by atoms with van der Waals surface area (Å²) < 4.78 is 11.2. The van der Waals surface area contributed by atoms with E-state index in [4.69, 9.17) is 15.2 Å². The fraction of sp³-hybridized carbons (Fsp3) is 0.611. The van der Waals surface area contributed by atoms with Gasteiger partial charge in [-0.3, -0.25) is 4.79 Å². The number of ether oxygens (including phenoxy) is 2. The van der Waals surface area contributed by atoms with Crippen molar-refractivity contribution < 1.29 is 14.3 Å². The van der Waals surface area contributed by atoms with Gasteiger partial charge in [0.05, 0.1) is 0 Å². The molecule has 1 amide bonds. The average molecular weight is 318 g/mol. The summed E-state index contributed by atoms with van der Waals surface area (Å²) in [5.74, 6) is 2.49. The zero-order valence-corrected chi connectivity index (χ0v) is 13.8. The maximum atomic E-state index is 12.6. The molecular formula is C18H26N2O3. The number of rotatable bonds is 4. The number of fused-ring (bicyclic) bond motifs is 1. The fourth-order valence-corrected chi connectivity index (χ4v) is 3.25. The van der Waals surface area contributed by atoms with Crippen molar-refractivity contribution in [3.8, 4) is 11.5 Å². The van der Waals surface area contributed by atoms with Gasteiger partial charge in [-0.15, -0.1) is 0 Å². The zero-order valence-electron chi connectivity index (χ0n) is 13.8. The van der Waals surface area contributed by atoms with E-state index in [-0.39, 0.29) is 11.8 Å². The van der Waals surface area contributed by atoms with Crippen molar-refractivity contribution in [3.63, 3.8) is 0 Å². The quantitative estimate of drug-likeness (QED) is 0.924. The summed E-state index contributed by atoms with van der Waals surface area (Å²) in [5, 5.41) is 0. The van der Waals surface area contributed by atoms with Gasteiger partial charge in [0.1, 0.15) is 13.2 Å². The van der Waals surface area contributed by atoms with Crippen LogP contribution < -0.4 is 15.2 Å². The molecule has 2 aliphatic heterocycles. The van der Waals surface area contributed by atoms with E-state index in [9.17, 15) is 4.79 Å². The van der Waals surface area contributed by atoms with Crippen LogP contribution in [0.1, 0.15) is 37.7 Å². The molecule has 0 radical (unpaired) electrons. The van der Waals surface area contributed by atoms with E-state index >= 15 is 0 Å². The largest absolute Gasteiger partial charge is 0.486 e. The van der Waals surface area contributed by atoms with Crippen LogP contribution >= 0.6 is 0 Å². The Morgan fingerprint density at radius 3 is 2.65 bits per heavy atom. The number of nitrogens with zero attached hydrogens (tertiary/aromatic N) is 1. The summed E-state index contributed by atoms with van der Waals surface area (Å²) >= 11 is 0. The van der Waals surface area contributed by atoms with E-state index in [1.165, 1.54) is 0 Å². The number of likely N-dealkylation sites (tertiary alicyclic amines) is 1. The Kier molecular flexibility index (Phi) is 5.06. The molecule has 2 N–H and O–H groups in total. The van der Waals surface area contributed by atoms with Crippen LogP contribution in [0.15, 0.2) is 18.2 Å². The van der Waals surface area contributed by atoms with Crippen LogP contribution in [0.3, 0.4) is 0 Å². The Bertz CT molecular complexity index is 553. The molecule has 1 unspecified atom stereocenters. The third kappa shape index (κ3) is 3.78. The average Bonchev–Trinajstić information content (AvgIpc) is 2.59. The first-order valence-electron chi connectivity index (χ1n) is 8.54. The monoisotopic (exact) mass is 318 g/mol. The van der Waals surface area contributed by atoms with E-state index in [1.54, 1.807) is 0 Å². The van der Waals surface area contributed by atoms with Crippen molar-refractivity contribution in [1.29, 1.82) is 0 Å². The summed E-state index contributed by atoms with van der Waals surface area (Å²) in [6.07, 6.45) is 2.66. The lowest BCUT2D eigenvalue weighted by atomic mass is 9.93. The molecule has 3 rings (SSSR count). The molecule has 126 valence electrons. The third-order valence-corrected chi connectivity index (χ3v) is 4.88. The summed E-state index contributed by atoms with van der Waals surface area (Å²) in [6, 6.07) is 5.88. The SMILES string of the molecule is CC1CCN(C(=O)CC(CN)c2ccc3c(c2)OCCO3)CC1. The van der Waals surface area contributed by atoms with Crippen molar-refractivity contribution in [2.45, 2.75) is 32.1 Å². The molecule has 1 saturated heterocycles. The van der Waals surface area contributed by atoms with Gasteiger partial charge >= 0.3 is 0 Å². The molecule has 0 spiro atoms. The molecule has 2 aliphatic rings. The summed E-state index contributed by atoms with van der Waals surface area (Å²) in [6.45, 7) is 5.60. The van der Waals surface area contributed by atoms with Crippen LogP contribution in [0.4, 0.5) is 0 Å². The van der Waals surface area contributed by atoms with Gasteiger partial charge in [-0.25, -0.2) is 0 Å². The smallest absolute Gasteiger partial charge is 0.223 e. The molecule has 2 heterocycles. The molecule has 23 heavy (non-hydrogen) atoms. The molecule has 1 aromatic rings. The second-order valence-corrected chi connectivity index (χ2v) is 6.60. The Labute approximate surface area is 137 Å². The standard InChI is InChI=1S/C18H26N2O3/c1-13-4-6-20(7-5-13)18(21)11-15(12-19)14-2-3-16-17(10-14)23-9-8-22-16/h2-3,10,13,15H,4-9,11-12,19H2,1H3. The van der Waals surface area contributed by atoms with E-state index < -0.39 is 0 Å². The van der Waals surface area contributed by atoms with E-state index in [0.717, 1.165) is 48.9 Å². The first-order valence-corrected chi connectivity index (χ1v) is 8.54. The van der Waals surface area contributed by atoms with Gasteiger partial charge in [0.15, 0.2) is 11.5 Å².